The molecule has 0 unspecified atom stereocenters. The third-order valence-electron chi connectivity index (χ3n) is 5.23. The van der Waals surface area contributed by atoms with Crippen LogP contribution >= 0.6 is 0 Å². The summed E-state index contributed by atoms with van der Waals surface area (Å²) < 4.78 is 26.7. The van der Waals surface area contributed by atoms with Crippen LogP contribution in [-0.4, -0.2) is 54.1 Å². The van der Waals surface area contributed by atoms with E-state index in [-0.39, 0.29) is 0 Å². The van der Waals surface area contributed by atoms with E-state index >= 15 is 0 Å². The molecule has 2 aromatic heterocycles. The molecule has 0 amide bonds. The normalized spacial score (nSPS) is 20.2. The zero-order valence-corrected chi connectivity index (χ0v) is 15.0. The Kier molecular flexibility index (Phi) is 4.47. The molecule has 1 N–H and O–H groups in total. The van der Waals surface area contributed by atoms with E-state index in [1.54, 1.807) is 10.4 Å². The van der Waals surface area contributed by atoms with Crippen LogP contribution in [0.25, 0.3) is 0 Å². The largest absolute Gasteiger partial charge is 0.357 e. The van der Waals surface area contributed by atoms with Gasteiger partial charge in [-0.25, -0.2) is 13.4 Å². The number of hydrogen-bond acceptors (Lipinski definition) is 5. The quantitative estimate of drug-likeness (QED) is 0.900. The first kappa shape index (κ1) is 16.5. The van der Waals surface area contributed by atoms with Gasteiger partial charge in [0.15, 0.2) is 0 Å². The predicted octanol–water partition coefficient (Wildman–Crippen LogP) is 1.97. The van der Waals surface area contributed by atoms with Crippen LogP contribution in [0.5, 0.6) is 0 Å². The van der Waals surface area contributed by atoms with E-state index in [0.717, 1.165) is 44.6 Å². The lowest BCUT2D eigenvalue weighted by Gasteiger charge is -2.32. The van der Waals surface area contributed by atoms with Crippen molar-refractivity contribution in [3.8, 4) is 0 Å². The highest BCUT2D eigenvalue weighted by Gasteiger charge is 2.28. The first-order valence-electron chi connectivity index (χ1n) is 8.84. The fourth-order valence-corrected chi connectivity index (χ4v) is 5.18. The lowest BCUT2D eigenvalue weighted by molar-refractivity contribution is 0.477. The molecule has 25 heavy (non-hydrogen) atoms. The second kappa shape index (κ2) is 6.76. The number of hydrogen-bond donors (Lipinski definition) is 1. The predicted molar refractivity (Wildman–Crippen MR) is 95.0 cm³/mol. The molecule has 8 heteroatoms. The van der Waals surface area contributed by atoms with Crippen molar-refractivity contribution in [1.29, 1.82) is 0 Å². The minimum absolute atomic E-state index is 0.298. The molecule has 7 nitrogen and oxygen atoms in total. The fraction of sp³-hybridized carbons (Fsp3) is 0.529. The number of sulfonamides is 1. The van der Waals surface area contributed by atoms with Crippen molar-refractivity contribution in [2.24, 2.45) is 0 Å². The van der Waals surface area contributed by atoms with Crippen LogP contribution in [0, 0.1) is 0 Å². The maximum absolute atomic E-state index is 12.6. The van der Waals surface area contributed by atoms with E-state index < -0.39 is 10.0 Å². The highest BCUT2D eigenvalue weighted by Crippen LogP contribution is 2.29. The number of piperidine rings is 1. The first-order valence-corrected chi connectivity index (χ1v) is 10.3. The van der Waals surface area contributed by atoms with Gasteiger partial charge in [0.2, 0.25) is 10.0 Å². The van der Waals surface area contributed by atoms with Crippen molar-refractivity contribution in [2.45, 2.75) is 36.5 Å². The monoisotopic (exact) mass is 361 g/mol. The zero-order valence-electron chi connectivity index (χ0n) is 14.1. The molecule has 4 heterocycles. The van der Waals surface area contributed by atoms with E-state index in [0.29, 0.717) is 23.9 Å². The highest BCUT2D eigenvalue weighted by atomic mass is 32.2. The van der Waals surface area contributed by atoms with Gasteiger partial charge in [-0.15, -0.1) is 0 Å². The van der Waals surface area contributed by atoms with E-state index in [4.69, 9.17) is 0 Å². The number of pyridine rings is 1. The van der Waals surface area contributed by atoms with Crippen molar-refractivity contribution >= 4 is 15.8 Å². The van der Waals surface area contributed by atoms with E-state index in [9.17, 15) is 8.42 Å². The molecule has 0 aliphatic carbocycles. The number of H-pyrrole nitrogens is 1. The maximum atomic E-state index is 12.6. The summed E-state index contributed by atoms with van der Waals surface area (Å²) in [6, 6.07) is 3.53. The summed E-state index contributed by atoms with van der Waals surface area (Å²) in [4.78, 5) is 6.95. The van der Waals surface area contributed by atoms with Gasteiger partial charge in [-0.2, -0.15) is 9.40 Å². The van der Waals surface area contributed by atoms with Crippen LogP contribution < -0.4 is 4.90 Å². The minimum Gasteiger partial charge on any atom is -0.357 e. The summed E-state index contributed by atoms with van der Waals surface area (Å²) in [6.45, 7) is 3.07. The van der Waals surface area contributed by atoms with Crippen LogP contribution in [0.3, 0.4) is 0 Å². The average molecular weight is 361 g/mol. The molecule has 2 aliphatic rings. The summed E-state index contributed by atoms with van der Waals surface area (Å²) in [7, 11) is -3.38. The summed E-state index contributed by atoms with van der Waals surface area (Å²) >= 11 is 0. The Bertz CT molecular complexity index is 790. The van der Waals surface area contributed by atoms with Gasteiger partial charge in [0.1, 0.15) is 10.7 Å². The van der Waals surface area contributed by atoms with Gasteiger partial charge in [-0.1, -0.05) is 0 Å². The minimum atomic E-state index is -3.38. The van der Waals surface area contributed by atoms with Gasteiger partial charge in [-0.05, 0) is 49.3 Å². The molecule has 2 saturated heterocycles. The van der Waals surface area contributed by atoms with Crippen LogP contribution in [-0.2, 0) is 10.0 Å². The number of aromatic nitrogens is 3. The molecule has 2 fully saturated rings. The van der Waals surface area contributed by atoms with E-state index in [1.807, 2.05) is 18.5 Å². The molecule has 0 saturated carbocycles. The smallest absolute Gasteiger partial charge is 0.244 e. The molecule has 0 spiro atoms. The van der Waals surface area contributed by atoms with Crippen molar-refractivity contribution in [2.75, 3.05) is 31.1 Å². The topological polar surface area (TPSA) is 82.2 Å². The Hall–Kier alpha value is -1.93. The van der Waals surface area contributed by atoms with Gasteiger partial charge >= 0.3 is 0 Å². The van der Waals surface area contributed by atoms with Gasteiger partial charge < -0.3 is 4.90 Å². The second-order valence-electron chi connectivity index (χ2n) is 6.76. The van der Waals surface area contributed by atoms with Gasteiger partial charge in [0, 0.05) is 38.6 Å². The molecule has 2 aliphatic heterocycles. The third kappa shape index (κ3) is 3.28. The van der Waals surface area contributed by atoms with Crippen LogP contribution in [0.1, 0.15) is 37.2 Å². The molecule has 0 bridgehead atoms. The Labute approximate surface area is 148 Å². The Morgan fingerprint density at radius 3 is 2.40 bits per heavy atom. The number of anilines is 1. The third-order valence-corrected chi connectivity index (χ3v) is 7.12. The maximum Gasteiger partial charge on any atom is 0.244 e. The van der Waals surface area contributed by atoms with Crippen molar-refractivity contribution in [3.63, 3.8) is 0 Å². The standard InChI is InChI=1S/C17H23N5O2S/c23-25(24,22-7-1-2-8-22)16-3-4-17(18-13-16)21-9-5-14(6-10-21)15-11-19-20-12-15/h3-4,11-14H,1-2,5-10H2,(H,19,20). The molecule has 134 valence electrons. The van der Waals surface area contributed by atoms with Gasteiger partial charge in [0.25, 0.3) is 0 Å². The Balaban J connectivity index is 1.43. The number of aromatic amines is 1. The first-order chi connectivity index (χ1) is 12.1. The number of rotatable bonds is 4. The van der Waals surface area contributed by atoms with Crippen molar-refractivity contribution in [1.82, 2.24) is 19.5 Å². The molecular formula is C17H23N5O2S. The highest BCUT2D eigenvalue weighted by molar-refractivity contribution is 7.89. The summed E-state index contributed by atoms with van der Waals surface area (Å²) in [5.74, 6) is 1.39. The van der Waals surface area contributed by atoms with Crippen LogP contribution in [0.15, 0.2) is 35.6 Å². The van der Waals surface area contributed by atoms with E-state index in [2.05, 4.69) is 20.1 Å². The van der Waals surface area contributed by atoms with Crippen molar-refractivity contribution in [3.05, 3.63) is 36.3 Å². The van der Waals surface area contributed by atoms with Crippen molar-refractivity contribution < 1.29 is 8.42 Å². The summed E-state index contributed by atoms with van der Waals surface area (Å²) in [6.07, 6.45) is 9.36. The molecule has 2 aromatic rings. The average Bonchev–Trinajstić information content (AvgIpc) is 3.36. The Morgan fingerprint density at radius 2 is 1.80 bits per heavy atom. The summed E-state index contributed by atoms with van der Waals surface area (Å²) in [5.41, 5.74) is 1.26. The van der Waals surface area contributed by atoms with Crippen LogP contribution in [0.4, 0.5) is 5.82 Å². The zero-order chi connectivity index (χ0) is 17.3. The summed E-state index contributed by atoms with van der Waals surface area (Å²) in [5, 5.41) is 6.90. The fourth-order valence-electron chi connectivity index (χ4n) is 3.72. The second-order valence-corrected chi connectivity index (χ2v) is 8.69. The number of nitrogens with zero attached hydrogens (tertiary/aromatic N) is 4. The molecule has 0 radical (unpaired) electrons. The molecule has 4 rings (SSSR count). The van der Waals surface area contributed by atoms with Crippen LogP contribution in [0.2, 0.25) is 0 Å². The van der Waals surface area contributed by atoms with E-state index in [1.165, 1.54) is 11.8 Å². The SMILES string of the molecule is O=S(=O)(c1ccc(N2CCC(c3cn[nH]c3)CC2)nc1)N1CCCC1. The number of nitrogens with one attached hydrogen (secondary N) is 1. The molecule has 0 atom stereocenters. The molecule has 0 aromatic carbocycles. The lowest BCUT2D eigenvalue weighted by Crippen LogP contribution is -2.33. The lowest BCUT2D eigenvalue weighted by atomic mass is 9.91. The Morgan fingerprint density at radius 1 is 1.04 bits per heavy atom. The molecular weight excluding hydrogens is 338 g/mol. The van der Waals surface area contributed by atoms with Gasteiger partial charge in [0.05, 0.1) is 6.20 Å². The van der Waals surface area contributed by atoms with Gasteiger partial charge in [-0.3, -0.25) is 5.10 Å².